The summed E-state index contributed by atoms with van der Waals surface area (Å²) in [6.07, 6.45) is 3.23. The van der Waals surface area contributed by atoms with Crippen LogP contribution in [0.4, 0.5) is 4.39 Å². The van der Waals surface area contributed by atoms with Gasteiger partial charge in [-0.05, 0) is 49.5 Å². The van der Waals surface area contributed by atoms with E-state index in [4.69, 9.17) is 11.6 Å². The van der Waals surface area contributed by atoms with Gasteiger partial charge < -0.3 is 5.32 Å². The molecule has 0 aromatic heterocycles. The minimum Gasteiger partial charge on any atom is -0.317 e. The van der Waals surface area contributed by atoms with E-state index in [0.29, 0.717) is 5.92 Å². The number of halogens is 2. The lowest BCUT2D eigenvalue weighted by atomic mass is 9.95. The van der Waals surface area contributed by atoms with E-state index in [1.165, 1.54) is 0 Å². The molecule has 1 rings (SSSR count). The van der Waals surface area contributed by atoms with Crippen LogP contribution < -0.4 is 5.32 Å². The molecule has 0 aliphatic carbocycles. The minimum absolute atomic E-state index is 0.201. The zero-order chi connectivity index (χ0) is 12.7. The van der Waals surface area contributed by atoms with Gasteiger partial charge in [-0.2, -0.15) is 0 Å². The molecule has 0 aliphatic heterocycles. The number of hydrogen-bond donors (Lipinski definition) is 1. The van der Waals surface area contributed by atoms with Gasteiger partial charge in [0.1, 0.15) is 5.82 Å². The summed E-state index contributed by atoms with van der Waals surface area (Å²) in [4.78, 5) is 0. The van der Waals surface area contributed by atoms with Gasteiger partial charge in [0, 0.05) is 0 Å². The van der Waals surface area contributed by atoms with Gasteiger partial charge in [-0.1, -0.05) is 37.9 Å². The maximum atomic E-state index is 13.3. The Bertz CT molecular complexity index is 341. The minimum atomic E-state index is -0.317. The number of rotatable bonds is 7. The summed E-state index contributed by atoms with van der Waals surface area (Å²) < 4.78 is 13.3. The zero-order valence-electron chi connectivity index (χ0n) is 10.6. The van der Waals surface area contributed by atoms with Crippen LogP contribution in [0.1, 0.15) is 32.3 Å². The maximum absolute atomic E-state index is 13.3. The molecule has 0 bridgehead atoms. The normalized spacial score (nSPS) is 12.7. The highest BCUT2D eigenvalue weighted by Crippen LogP contribution is 2.19. The molecule has 1 aromatic carbocycles. The number of hydrogen-bond acceptors (Lipinski definition) is 1. The van der Waals surface area contributed by atoms with Crippen molar-refractivity contribution >= 4 is 11.6 Å². The quantitative estimate of drug-likeness (QED) is 0.777. The van der Waals surface area contributed by atoms with E-state index in [9.17, 15) is 4.39 Å². The third kappa shape index (κ3) is 5.05. The Morgan fingerprint density at radius 2 is 2.12 bits per heavy atom. The molecule has 1 N–H and O–H groups in total. The van der Waals surface area contributed by atoms with Gasteiger partial charge in [-0.3, -0.25) is 0 Å². The van der Waals surface area contributed by atoms with Crippen LogP contribution in [0.25, 0.3) is 0 Å². The molecule has 0 radical (unpaired) electrons. The monoisotopic (exact) mass is 257 g/mol. The highest BCUT2D eigenvalue weighted by atomic mass is 35.5. The van der Waals surface area contributed by atoms with E-state index >= 15 is 0 Å². The Balaban J connectivity index is 2.61. The summed E-state index contributed by atoms with van der Waals surface area (Å²) in [5, 5.41) is 3.56. The van der Waals surface area contributed by atoms with Crippen LogP contribution in [-0.4, -0.2) is 13.1 Å². The Kier molecular flexibility index (Phi) is 6.53. The second-order valence-corrected chi connectivity index (χ2v) is 4.82. The van der Waals surface area contributed by atoms with Crippen molar-refractivity contribution in [2.24, 2.45) is 5.92 Å². The Labute approximate surface area is 108 Å². The first-order chi connectivity index (χ1) is 8.17. The molecule has 96 valence electrons. The fraction of sp³-hybridized carbons (Fsp3) is 0.571. The third-order valence-electron chi connectivity index (χ3n) is 2.89. The van der Waals surface area contributed by atoms with E-state index in [2.05, 4.69) is 19.2 Å². The summed E-state index contributed by atoms with van der Waals surface area (Å²) in [5.74, 6) is 0.253. The molecule has 0 saturated heterocycles. The molecule has 0 amide bonds. The molecular formula is C14H21ClFN. The van der Waals surface area contributed by atoms with Crippen LogP contribution in [0, 0.1) is 11.7 Å². The predicted octanol–water partition coefficient (Wildman–Crippen LogP) is 4.05. The van der Waals surface area contributed by atoms with E-state index < -0.39 is 0 Å². The molecule has 0 saturated carbocycles. The van der Waals surface area contributed by atoms with Crippen molar-refractivity contribution in [2.75, 3.05) is 13.1 Å². The summed E-state index contributed by atoms with van der Waals surface area (Å²) in [5.41, 5.74) is 1.03. The SMILES string of the molecule is CCCC(CNCC)Cc1ccc(Cl)c(F)c1. The fourth-order valence-corrected chi connectivity index (χ4v) is 2.15. The molecule has 0 aliphatic rings. The molecule has 0 heterocycles. The van der Waals surface area contributed by atoms with Crippen molar-refractivity contribution in [3.05, 3.63) is 34.6 Å². The second-order valence-electron chi connectivity index (χ2n) is 4.41. The largest absolute Gasteiger partial charge is 0.317 e. The van der Waals surface area contributed by atoms with Crippen molar-refractivity contribution < 1.29 is 4.39 Å². The van der Waals surface area contributed by atoms with Crippen molar-refractivity contribution in [3.63, 3.8) is 0 Å². The first-order valence-electron chi connectivity index (χ1n) is 6.32. The molecule has 1 aromatic rings. The Morgan fingerprint density at radius 3 is 2.71 bits per heavy atom. The van der Waals surface area contributed by atoms with E-state index in [0.717, 1.165) is 37.9 Å². The Morgan fingerprint density at radius 1 is 1.35 bits per heavy atom. The van der Waals surface area contributed by atoms with Gasteiger partial charge >= 0.3 is 0 Å². The maximum Gasteiger partial charge on any atom is 0.142 e. The van der Waals surface area contributed by atoms with Crippen molar-refractivity contribution in [1.29, 1.82) is 0 Å². The molecule has 17 heavy (non-hydrogen) atoms. The van der Waals surface area contributed by atoms with E-state index in [-0.39, 0.29) is 10.8 Å². The highest BCUT2D eigenvalue weighted by Gasteiger charge is 2.09. The number of benzene rings is 1. The Hall–Kier alpha value is -0.600. The van der Waals surface area contributed by atoms with Gasteiger partial charge in [-0.15, -0.1) is 0 Å². The standard InChI is InChI=1S/C14H21ClFN/c1-3-5-12(10-17-4-2)8-11-6-7-13(15)14(16)9-11/h6-7,9,12,17H,3-5,8,10H2,1-2H3. The highest BCUT2D eigenvalue weighted by molar-refractivity contribution is 6.30. The summed E-state index contributed by atoms with van der Waals surface area (Å²) in [7, 11) is 0. The molecular weight excluding hydrogens is 237 g/mol. The predicted molar refractivity (Wildman–Crippen MR) is 72.1 cm³/mol. The van der Waals surface area contributed by atoms with Gasteiger partial charge in [0.2, 0.25) is 0 Å². The first kappa shape index (κ1) is 14.5. The molecule has 1 unspecified atom stereocenters. The molecule has 0 fully saturated rings. The van der Waals surface area contributed by atoms with Gasteiger partial charge in [0.25, 0.3) is 0 Å². The van der Waals surface area contributed by atoms with E-state index in [1.54, 1.807) is 12.1 Å². The van der Waals surface area contributed by atoms with Gasteiger partial charge in [-0.25, -0.2) is 4.39 Å². The molecule has 3 heteroatoms. The van der Waals surface area contributed by atoms with Crippen molar-refractivity contribution in [1.82, 2.24) is 5.32 Å². The summed E-state index contributed by atoms with van der Waals surface area (Å²) in [6.45, 7) is 6.26. The fourth-order valence-electron chi connectivity index (χ4n) is 2.03. The van der Waals surface area contributed by atoms with Crippen LogP contribution in [0.3, 0.4) is 0 Å². The average molecular weight is 258 g/mol. The van der Waals surface area contributed by atoms with E-state index in [1.807, 2.05) is 6.07 Å². The van der Waals surface area contributed by atoms with Crippen molar-refractivity contribution in [3.8, 4) is 0 Å². The zero-order valence-corrected chi connectivity index (χ0v) is 11.4. The van der Waals surface area contributed by atoms with Crippen LogP contribution in [0.5, 0.6) is 0 Å². The van der Waals surface area contributed by atoms with Crippen LogP contribution in [0.2, 0.25) is 5.02 Å². The van der Waals surface area contributed by atoms with Crippen LogP contribution in [0.15, 0.2) is 18.2 Å². The molecule has 1 atom stereocenters. The van der Waals surface area contributed by atoms with Crippen molar-refractivity contribution in [2.45, 2.75) is 33.1 Å². The topological polar surface area (TPSA) is 12.0 Å². The lowest BCUT2D eigenvalue weighted by Crippen LogP contribution is -2.24. The van der Waals surface area contributed by atoms with Crippen LogP contribution >= 0.6 is 11.6 Å². The third-order valence-corrected chi connectivity index (χ3v) is 3.19. The number of nitrogens with one attached hydrogen (secondary N) is 1. The van der Waals surface area contributed by atoms with Crippen LogP contribution in [-0.2, 0) is 6.42 Å². The van der Waals surface area contributed by atoms with Gasteiger partial charge in [0.15, 0.2) is 0 Å². The average Bonchev–Trinajstić information content (AvgIpc) is 2.31. The lowest BCUT2D eigenvalue weighted by molar-refractivity contribution is 0.443. The lowest BCUT2D eigenvalue weighted by Gasteiger charge is -2.16. The first-order valence-corrected chi connectivity index (χ1v) is 6.69. The summed E-state index contributed by atoms with van der Waals surface area (Å²) in [6, 6.07) is 5.11. The second kappa shape index (κ2) is 7.67. The molecule has 0 spiro atoms. The van der Waals surface area contributed by atoms with Gasteiger partial charge in [0.05, 0.1) is 5.02 Å². The summed E-state index contributed by atoms with van der Waals surface area (Å²) >= 11 is 5.67. The molecule has 1 nitrogen and oxygen atoms in total. The smallest absolute Gasteiger partial charge is 0.142 e.